The van der Waals surface area contributed by atoms with E-state index in [1.807, 2.05) is 67.6 Å². The van der Waals surface area contributed by atoms with E-state index < -0.39 is 11.6 Å². The minimum absolute atomic E-state index is 0.0718. The van der Waals surface area contributed by atoms with Crippen LogP contribution < -0.4 is 5.32 Å². The number of hydrogen-bond acceptors (Lipinski definition) is 3. The molecule has 4 rings (SSSR count). The van der Waals surface area contributed by atoms with E-state index in [0.717, 1.165) is 35.3 Å². The molecular formula is C25H29N3O3. The normalized spacial score (nSPS) is 23.1. The molecule has 1 spiro atoms. The van der Waals surface area contributed by atoms with Gasteiger partial charge in [0.05, 0.1) is 0 Å². The fourth-order valence-electron chi connectivity index (χ4n) is 4.71. The maximum atomic E-state index is 13.3. The number of imide groups is 1. The first-order valence-corrected chi connectivity index (χ1v) is 11.0. The molecule has 162 valence electrons. The van der Waals surface area contributed by atoms with Crippen LogP contribution in [-0.4, -0.2) is 39.7 Å². The number of urea groups is 1. The highest BCUT2D eigenvalue weighted by Crippen LogP contribution is 2.38. The SMILES string of the molecule is CC1CCCCC12NC(=O)N(CC(=O)N(Cc1ccccc1)Cc1ccccc1)C2=O. The summed E-state index contributed by atoms with van der Waals surface area (Å²) in [6, 6.07) is 19.0. The van der Waals surface area contributed by atoms with Crippen LogP contribution in [-0.2, 0) is 22.7 Å². The highest BCUT2D eigenvalue weighted by molar-refractivity contribution is 6.09. The van der Waals surface area contributed by atoms with Crippen LogP contribution in [0.4, 0.5) is 4.79 Å². The molecule has 2 fully saturated rings. The van der Waals surface area contributed by atoms with E-state index in [2.05, 4.69) is 5.32 Å². The maximum Gasteiger partial charge on any atom is 0.325 e. The lowest BCUT2D eigenvalue weighted by atomic mass is 9.73. The van der Waals surface area contributed by atoms with Gasteiger partial charge in [-0.15, -0.1) is 0 Å². The Morgan fingerprint density at radius 3 is 2.13 bits per heavy atom. The lowest BCUT2D eigenvalue weighted by Gasteiger charge is -2.36. The van der Waals surface area contributed by atoms with Gasteiger partial charge in [0.25, 0.3) is 5.91 Å². The van der Waals surface area contributed by atoms with Crippen LogP contribution in [0.15, 0.2) is 60.7 Å². The lowest BCUT2D eigenvalue weighted by molar-refractivity contribution is -0.141. The zero-order chi connectivity index (χ0) is 21.8. The molecule has 0 radical (unpaired) electrons. The Kier molecular flexibility index (Phi) is 6.07. The number of amides is 4. The van der Waals surface area contributed by atoms with Crippen molar-refractivity contribution in [2.45, 2.75) is 51.2 Å². The highest BCUT2D eigenvalue weighted by Gasteiger charge is 2.55. The maximum absolute atomic E-state index is 13.3. The second-order valence-corrected chi connectivity index (χ2v) is 8.66. The van der Waals surface area contributed by atoms with Crippen molar-refractivity contribution in [2.24, 2.45) is 5.92 Å². The number of rotatable bonds is 6. The van der Waals surface area contributed by atoms with E-state index in [0.29, 0.717) is 19.5 Å². The summed E-state index contributed by atoms with van der Waals surface area (Å²) in [7, 11) is 0. The Labute approximate surface area is 183 Å². The van der Waals surface area contributed by atoms with Gasteiger partial charge in [0, 0.05) is 13.1 Å². The van der Waals surface area contributed by atoms with Gasteiger partial charge in [-0.1, -0.05) is 80.4 Å². The molecule has 1 aliphatic carbocycles. The van der Waals surface area contributed by atoms with Gasteiger partial charge in [-0.25, -0.2) is 4.79 Å². The molecule has 1 N–H and O–H groups in total. The Hall–Kier alpha value is -3.15. The monoisotopic (exact) mass is 419 g/mol. The second kappa shape index (κ2) is 8.92. The van der Waals surface area contributed by atoms with E-state index in [9.17, 15) is 14.4 Å². The molecule has 4 amide bonds. The van der Waals surface area contributed by atoms with Gasteiger partial charge in [0.1, 0.15) is 12.1 Å². The summed E-state index contributed by atoms with van der Waals surface area (Å²) < 4.78 is 0. The molecule has 2 unspecified atom stereocenters. The van der Waals surface area contributed by atoms with Gasteiger partial charge < -0.3 is 10.2 Å². The summed E-state index contributed by atoms with van der Waals surface area (Å²) in [5.41, 5.74) is 1.15. The number of carbonyl (C=O) groups is 3. The summed E-state index contributed by atoms with van der Waals surface area (Å²) in [4.78, 5) is 42.1. The zero-order valence-electron chi connectivity index (χ0n) is 17.9. The van der Waals surface area contributed by atoms with Crippen molar-refractivity contribution in [3.63, 3.8) is 0 Å². The molecule has 6 heteroatoms. The predicted molar refractivity (Wildman–Crippen MR) is 118 cm³/mol. The summed E-state index contributed by atoms with van der Waals surface area (Å²) >= 11 is 0. The van der Waals surface area contributed by atoms with E-state index in [4.69, 9.17) is 0 Å². The summed E-state index contributed by atoms with van der Waals surface area (Å²) in [6.45, 7) is 2.61. The van der Waals surface area contributed by atoms with Gasteiger partial charge in [0.2, 0.25) is 5.91 Å². The molecular weight excluding hydrogens is 390 g/mol. The first-order valence-electron chi connectivity index (χ1n) is 11.0. The molecule has 1 aliphatic heterocycles. The smallest absolute Gasteiger partial charge is 0.325 e. The van der Waals surface area contributed by atoms with Gasteiger partial charge >= 0.3 is 6.03 Å². The molecule has 2 aliphatic rings. The number of benzene rings is 2. The minimum Gasteiger partial charge on any atom is -0.332 e. The Bertz CT molecular complexity index is 905. The molecule has 2 aromatic carbocycles. The van der Waals surface area contributed by atoms with Crippen molar-refractivity contribution >= 4 is 17.8 Å². The van der Waals surface area contributed by atoms with Crippen LogP contribution in [0.2, 0.25) is 0 Å². The second-order valence-electron chi connectivity index (χ2n) is 8.66. The summed E-state index contributed by atoms with van der Waals surface area (Å²) in [5, 5.41) is 2.93. The van der Waals surface area contributed by atoms with Crippen LogP contribution in [0.5, 0.6) is 0 Å². The van der Waals surface area contributed by atoms with Crippen molar-refractivity contribution in [1.29, 1.82) is 0 Å². The third-order valence-corrected chi connectivity index (χ3v) is 6.58. The number of nitrogens with zero attached hydrogens (tertiary/aromatic N) is 2. The Morgan fingerprint density at radius 1 is 1.00 bits per heavy atom. The van der Waals surface area contributed by atoms with Crippen LogP contribution >= 0.6 is 0 Å². The van der Waals surface area contributed by atoms with Crippen LogP contribution in [0, 0.1) is 5.92 Å². The zero-order valence-corrected chi connectivity index (χ0v) is 17.9. The van der Waals surface area contributed by atoms with Gasteiger partial charge in [-0.3, -0.25) is 14.5 Å². The molecule has 2 aromatic rings. The average Bonchev–Trinajstić information content (AvgIpc) is 3.01. The number of nitrogens with one attached hydrogen (secondary N) is 1. The molecule has 6 nitrogen and oxygen atoms in total. The third kappa shape index (κ3) is 4.33. The fraction of sp³-hybridized carbons (Fsp3) is 0.400. The summed E-state index contributed by atoms with van der Waals surface area (Å²) in [5.74, 6) is -0.420. The van der Waals surface area contributed by atoms with Crippen molar-refractivity contribution in [1.82, 2.24) is 15.1 Å². The molecule has 1 saturated carbocycles. The predicted octanol–water partition coefficient (Wildman–Crippen LogP) is 3.72. The quantitative estimate of drug-likeness (QED) is 0.726. The molecule has 1 heterocycles. The van der Waals surface area contributed by atoms with Gasteiger partial charge in [-0.2, -0.15) is 0 Å². The number of hydrogen-bond donors (Lipinski definition) is 1. The van der Waals surface area contributed by atoms with E-state index in [1.54, 1.807) is 4.90 Å². The number of carbonyl (C=O) groups excluding carboxylic acids is 3. The molecule has 2 atom stereocenters. The molecule has 0 aromatic heterocycles. The van der Waals surface area contributed by atoms with Gasteiger partial charge in [-0.05, 0) is 29.9 Å². The lowest BCUT2D eigenvalue weighted by Crippen LogP contribution is -2.54. The van der Waals surface area contributed by atoms with Crippen LogP contribution in [0.25, 0.3) is 0 Å². The van der Waals surface area contributed by atoms with E-state index >= 15 is 0 Å². The van der Waals surface area contributed by atoms with E-state index in [1.165, 1.54) is 0 Å². The van der Waals surface area contributed by atoms with Crippen LogP contribution in [0.1, 0.15) is 43.7 Å². The Morgan fingerprint density at radius 2 is 1.58 bits per heavy atom. The first-order chi connectivity index (χ1) is 15.0. The standard InChI is InChI=1S/C25H29N3O3/c1-19-10-8-9-15-25(19)23(30)28(24(31)26-25)18-22(29)27(16-20-11-4-2-5-12-20)17-21-13-6-3-7-14-21/h2-7,11-14,19H,8-10,15-18H2,1H3,(H,26,31). The highest BCUT2D eigenvalue weighted by atomic mass is 16.2. The van der Waals surface area contributed by atoms with Crippen LogP contribution in [0.3, 0.4) is 0 Å². The largest absolute Gasteiger partial charge is 0.332 e. The van der Waals surface area contributed by atoms with E-state index in [-0.39, 0.29) is 24.3 Å². The average molecular weight is 420 g/mol. The third-order valence-electron chi connectivity index (χ3n) is 6.58. The van der Waals surface area contributed by atoms with Crippen molar-refractivity contribution < 1.29 is 14.4 Å². The fourth-order valence-corrected chi connectivity index (χ4v) is 4.71. The first kappa shape index (κ1) is 21.1. The van der Waals surface area contributed by atoms with Gasteiger partial charge in [0.15, 0.2) is 0 Å². The van der Waals surface area contributed by atoms with Crippen molar-refractivity contribution in [3.8, 4) is 0 Å². The molecule has 0 bridgehead atoms. The van der Waals surface area contributed by atoms with Crippen molar-refractivity contribution in [2.75, 3.05) is 6.54 Å². The Balaban J connectivity index is 1.52. The summed E-state index contributed by atoms with van der Waals surface area (Å²) in [6.07, 6.45) is 3.52. The topological polar surface area (TPSA) is 69.7 Å². The van der Waals surface area contributed by atoms with Crippen molar-refractivity contribution in [3.05, 3.63) is 71.8 Å². The minimum atomic E-state index is -0.848. The molecule has 1 saturated heterocycles. The molecule has 31 heavy (non-hydrogen) atoms.